The molecule has 2 rings (SSSR count). The van der Waals surface area contributed by atoms with Gasteiger partial charge in [-0.2, -0.15) is 0 Å². The molecule has 1 atom stereocenters. The Kier molecular flexibility index (Phi) is 5.50. The third kappa shape index (κ3) is 4.45. The van der Waals surface area contributed by atoms with Gasteiger partial charge in [-0.1, -0.05) is 37.3 Å². The lowest BCUT2D eigenvalue weighted by molar-refractivity contribution is 0.495. The first-order valence-corrected chi connectivity index (χ1v) is 6.92. The first-order valence-electron chi connectivity index (χ1n) is 6.92. The first kappa shape index (κ1) is 13.7. The Labute approximate surface area is 115 Å². The maximum atomic E-state index is 4.10. The molecule has 100 valence electrons. The molecule has 1 aromatic carbocycles. The van der Waals surface area contributed by atoms with Crippen molar-refractivity contribution in [2.24, 2.45) is 0 Å². The van der Waals surface area contributed by atoms with Gasteiger partial charge in [-0.25, -0.2) is 9.97 Å². The van der Waals surface area contributed by atoms with Crippen LogP contribution in [0.5, 0.6) is 0 Å². The van der Waals surface area contributed by atoms with Gasteiger partial charge in [0.25, 0.3) is 0 Å². The summed E-state index contributed by atoms with van der Waals surface area (Å²) in [7, 11) is 0. The maximum Gasteiger partial charge on any atom is 0.115 e. The van der Waals surface area contributed by atoms with Crippen LogP contribution in [0.15, 0.2) is 49.1 Å². The average Bonchev–Trinajstić information content (AvgIpc) is 2.48. The van der Waals surface area contributed by atoms with Crippen molar-refractivity contribution in [1.82, 2.24) is 15.3 Å². The molecule has 0 amide bonds. The standard InChI is InChI=1S/C16H21N3/c1-2-19-16(15-11-17-13-18-12-15)10-6-9-14-7-4-3-5-8-14/h3-5,7-8,11-13,16,19H,2,6,9-10H2,1H3. The van der Waals surface area contributed by atoms with Gasteiger partial charge in [0, 0.05) is 24.0 Å². The topological polar surface area (TPSA) is 37.8 Å². The van der Waals surface area contributed by atoms with Gasteiger partial charge < -0.3 is 5.32 Å². The van der Waals surface area contributed by atoms with Gasteiger partial charge in [-0.3, -0.25) is 0 Å². The van der Waals surface area contributed by atoms with E-state index in [2.05, 4.69) is 52.5 Å². The van der Waals surface area contributed by atoms with Crippen LogP contribution in [0, 0.1) is 0 Å². The molecular formula is C16H21N3. The van der Waals surface area contributed by atoms with Gasteiger partial charge in [0.2, 0.25) is 0 Å². The SMILES string of the molecule is CCNC(CCCc1ccccc1)c1cncnc1. The molecule has 3 heteroatoms. The molecule has 0 aliphatic rings. The average molecular weight is 255 g/mol. The maximum absolute atomic E-state index is 4.10. The Morgan fingerprint density at radius 3 is 2.53 bits per heavy atom. The minimum absolute atomic E-state index is 0.356. The monoisotopic (exact) mass is 255 g/mol. The van der Waals surface area contributed by atoms with Crippen LogP contribution < -0.4 is 5.32 Å². The second kappa shape index (κ2) is 7.64. The number of hydrogen-bond donors (Lipinski definition) is 1. The normalized spacial score (nSPS) is 12.3. The zero-order valence-corrected chi connectivity index (χ0v) is 11.4. The minimum Gasteiger partial charge on any atom is -0.310 e. The van der Waals surface area contributed by atoms with Crippen LogP contribution >= 0.6 is 0 Å². The zero-order valence-electron chi connectivity index (χ0n) is 11.4. The summed E-state index contributed by atoms with van der Waals surface area (Å²) in [6, 6.07) is 11.0. The van der Waals surface area contributed by atoms with Crippen molar-refractivity contribution in [2.75, 3.05) is 6.54 Å². The Balaban J connectivity index is 1.87. The van der Waals surface area contributed by atoms with Crippen LogP contribution in [0.2, 0.25) is 0 Å². The Morgan fingerprint density at radius 2 is 1.84 bits per heavy atom. The molecule has 3 nitrogen and oxygen atoms in total. The molecule has 1 heterocycles. The van der Waals surface area contributed by atoms with Crippen molar-refractivity contribution in [3.63, 3.8) is 0 Å². The largest absolute Gasteiger partial charge is 0.310 e. The highest BCUT2D eigenvalue weighted by molar-refractivity contribution is 5.15. The quantitative estimate of drug-likeness (QED) is 0.826. The Morgan fingerprint density at radius 1 is 1.11 bits per heavy atom. The van der Waals surface area contributed by atoms with Gasteiger partial charge >= 0.3 is 0 Å². The van der Waals surface area contributed by atoms with E-state index in [1.807, 2.05) is 12.4 Å². The molecular weight excluding hydrogens is 234 g/mol. The second-order valence-electron chi connectivity index (χ2n) is 4.66. The fourth-order valence-electron chi connectivity index (χ4n) is 2.28. The van der Waals surface area contributed by atoms with Crippen molar-refractivity contribution < 1.29 is 0 Å². The smallest absolute Gasteiger partial charge is 0.115 e. The summed E-state index contributed by atoms with van der Waals surface area (Å²) >= 11 is 0. The predicted molar refractivity (Wildman–Crippen MR) is 77.8 cm³/mol. The summed E-state index contributed by atoms with van der Waals surface area (Å²) in [4.78, 5) is 8.21. The highest BCUT2D eigenvalue weighted by atomic mass is 14.9. The summed E-state index contributed by atoms with van der Waals surface area (Å²) in [6.45, 7) is 3.10. The molecule has 1 N–H and O–H groups in total. The Hall–Kier alpha value is -1.74. The number of aromatic nitrogens is 2. The summed E-state index contributed by atoms with van der Waals surface area (Å²) in [5, 5.41) is 3.51. The van der Waals surface area contributed by atoms with Crippen LogP contribution in [0.3, 0.4) is 0 Å². The van der Waals surface area contributed by atoms with E-state index in [4.69, 9.17) is 0 Å². The van der Waals surface area contributed by atoms with Crippen LogP contribution in [0.25, 0.3) is 0 Å². The molecule has 1 aromatic heterocycles. The lowest BCUT2D eigenvalue weighted by atomic mass is 10.0. The molecule has 2 aromatic rings. The number of benzene rings is 1. The number of nitrogens with zero attached hydrogens (tertiary/aromatic N) is 2. The molecule has 0 spiro atoms. The molecule has 1 unspecified atom stereocenters. The molecule has 0 radical (unpaired) electrons. The van der Waals surface area contributed by atoms with Crippen molar-refractivity contribution in [3.05, 3.63) is 60.2 Å². The van der Waals surface area contributed by atoms with Crippen molar-refractivity contribution in [1.29, 1.82) is 0 Å². The highest BCUT2D eigenvalue weighted by Gasteiger charge is 2.10. The summed E-state index contributed by atoms with van der Waals surface area (Å²) < 4.78 is 0. The third-order valence-electron chi connectivity index (χ3n) is 3.23. The van der Waals surface area contributed by atoms with Crippen molar-refractivity contribution in [2.45, 2.75) is 32.2 Å². The number of nitrogens with one attached hydrogen (secondary N) is 1. The summed E-state index contributed by atoms with van der Waals surface area (Å²) in [5.41, 5.74) is 2.58. The van der Waals surface area contributed by atoms with Crippen LogP contribution in [-0.4, -0.2) is 16.5 Å². The molecule has 0 fully saturated rings. The molecule has 0 aliphatic heterocycles. The summed E-state index contributed by atoms with van der Waals surface area (Å²) in [5.74, 6) is 0. The van der Waals surface area contributed by atoms with E-state index in [0.717, 1.165) is 25.8 Å². The van der Waals surface area contributed by atoms with E-state index < -0.39 is 0 Å². The van der Waals surface area contributed by atoms with Gasteiger partial charge in [0.1, 0.15) is 6.33 Å². The Bertz CT molecular complexity index is 456. The fraction of sp³-hybridized carbons (Fsp3) is 0.375. The second-order valence-corrected chi connectivity index (χ2v) is 4.66. The van der Waals surface area contributed by atoms with E-state index >= 15 is 0 Å². The fourth-order valence-corrected chi connectivity index (χ4v) is 2.28. The number of rotatable bonds is 7. The van der Waals surface area contributed by atoms with E-state index in [9.17, 15) is 0 Å². The van der Waals surface area contributed by atoms with Crippen LogP contribution in [0.1, 0.15) is 36.9 Å². The first-order chi connectivity index (χ1) is 9.40. The van der Waals surface area contributed by atoms with Crippen molar-refractivity contribution >= 4 is 0 Å². The third-order valence-corrected chi connectivity index (χ3v) is 3.23. The van der Waals surface area contributed by atoms with Gasteiger partial charge in [0.15, 0.2) is 0 Å². The summed E-state index contributed by atoms with van der Waals surface area (Å²) in [6.07, 6.45) is 8.78. The molecule has 19 heavy (non-hydrogen) atoms. The molecule has 0 bridgehead atoms. The van der Waals surface area contributed by atoms with E-state index in [-0.39, 0.29) is 0 Å². The van der Waals surface area contributed by atoms with Gasteiger partial charge in [-0.05, 0) is 31.4 Å². The van der Waals surface area contributed by atoms with E-state index in [1.54, 1.807) is 6.33 Å². The lowest BCUT2D eigenvalue weighted by Crippen LogP contribution is -2.21. The molecule has 0 saturated carbocycles. The van der Waals surface area contributed by atoms with Gasteiger partial charge in [-0.15, -0.1) is 0 Å². The number of hydrogen-bond acceptors (Lipinski definition) is 3. The molecule has 0 aliphatic carbocycles. The van der Waals surface area contributed by atoms with Crippen LogP contribution in [-0.2, 0) is 6.42 Å². The van der Waals surface area contributed by atoms with Crippen LogP contribution in [0.4, 0.5) is 0 Å². The lowest BCUT2D eigenvalue weighted by Gasteiger charge is -2.17. The van der Waals surface area contributed by atoms with Crippen molar-refractivity contribution in [3.8, 4) is 0 Å². The number of aryl methyl sites for hydroxylation is 1. The zero-order chi connectivity index (χ0) is 13.3. The molecule has 0 saturated heterocycles. The van der Waals surface area contributed by atoms with Gasteiger partial charge in [0.05, 0.1) is 0 Å². The highest BCUT2D eigenvalue weighted by Crippen LogP contribution is 2.18. The minimum atomic E-state index is 0.356. The van der Waals surface area contributed by atoms with E-state index in [0.29, 0.717) is 6.04 Å². The predicted octanol–water partition coefficient (Wildman–Crippen LogP) is 3.15. The van der Waals surface area contributed by atoms with E-state index in [1.165, 1.54) is 11.1 Å².